The van der Waals surface area contributed by atoms with Crippen molar-refractivity contribution in [2.45, 2.75) is 6.61 Å². The number of aliphatic hydroxyl groups is 1. The molecular formula is C11H10O3. The third kappa shape index (κ3) is 1.95. The van der Waals surface area contributed by atoms with Crippen molar-refractivity contribution in [3.63, 3.8) is 0 Å². The Morgan fingerprint density at radius 1 is 1.14 bits per heavy atom. The Labute approximate surface area is 81.3 Å². The Morgan fingerprint density at radius 3 is 2.64 bits per heavy atom. The Hall–Kier alpha value is -1.74. The van der Waals surface area contributed by atoms with Gasteiger partial charge in [-0.1, -0.05) is 0 Å². The van der Waals surface area contributed by atoms with Crippen LogP contribution in [0.15, 0.2) is 39.4 Å². The summed E-state index contributed by atoms with van der Waals surface area (Å²) in [7, 11) is 0. The minimum absolute atomic E-state index is 0.0748. The van der Waals surface area contributed by atoms with Crippen molar-refractivity contribution < 1.29 is 13.9 Å². The van der Waals surface area contributed by atoms with E-state index in [1.165, 1.54) is 0 Å². The third-order valence-corrected chi connectivity index (χ3v) is 1.79. The average Bonchev–Trinajstić information content (AvgIpc) is 2.86. The van der Waals surface area contributed by atoms with E-state index in [1.807, 2.05) is 12.1 Å². The fourth-order valence-corrected chi connectivity index (χ4v) is 1.12. The Morgan fingerprint density at radius 2 is 2.00 bits per heavy atom. The molecule has 3 heteroatoms. The first-order chi connectivity index (χ1) is 6.88. The molecule has 0 fully saturated rings. The van der Waals surface area contributed by atoms with Gasteiger partial charge in [0.2, 0.25) is 0 Å². The highest BCUT2D eigenvalue weighted by atomic mass is 16.4. The maximum Gasteiger partial charge on any atom is 0.130 e. The zero-order valence-corrected chi connectivity index (χ0v) is 7.51. The molecule has 0 aliphatic rings. The van der Waals surface area contributed by atoms with Gasteiger partial charge in [0.15, 0.2) is 0 Å². The van der Waals surface area contributed by atoms with Gasteiger partial charge in [-0.2, -0.15) is 0 Å². The number of hydrogen-bond donors (Lipinski definition) is 1. The molecule has 0 aliphatic carbocycles. The lowest BCUT2D eigenvalue weighted by Crippen LogP contribution is -1.73. The monoisotopic (exact) mass is 190 g/mol. The summed E-state index contributed by atoms with van der Waals surface area (Å²) in [6.45, 7) is -0.0748. The van der Waals surface area contributed by atoms with Crippen LogP contribution in [0.4, 0.5) is 0 Å². The van der Waals surface area contributed by atoms with Crippen molar-refractivity contribution in [3.8, 4) is 0 Å². The van der Waals surface area contributed by atoms with Gasteiger partial charge in [-0.05, 0) is 36.4 Å². The van der Waals surface area contributed by atoms with E-state index in [2.05, 4.69) is 0 Å². The first-order valence-electron chi connectivity index (χ1n) is 4.29. The predicted octanol–water partition coefficient (Wildman–Crippen LogP) is 2.54. The van der Waals surface area contributed by atoms with Gasteiger partial charge in [0.1, 0.15) is 23.9 Å². The molecule has 2 aromatic rings. The van der Waals surface area contributed by atoms with E-state index < -0.39 is 0 Å². The van der Waals surface area contributed by atoms with Crippen LogP contribution < -0.4 is 0 Å². The van der Waals surface area contributed by atoms with Crippen molar-refractivity contribution in [1.82, 2.24) is 0 Å². The van der Waals surface area contributed by atoms with Gasteiger partial charge < -0.3 is 13.9 Å². The van der Waals surface area contributed by atoms with Gasteiger partial charge in [-0.25, -0.2) is 0 Å². The van der Waals surface area contributed by atoms with Crippen LogP contribution in [0.2, 0.25) is 0 Å². The maximum absolute atomic E-state index is 8.77. The van der Waals surface area contributed by atoms with Crippen molar-refractivity contribution in [1.29, 1.82) is 0 Å². The minimum atomic E-state index is -0.0748. The standard InChI is InChI=1S/C11H10O3/c12-8-11-6-5-10(14-11)4-3-9-2-1-7-13-9/h1-7,12H,8H2. The fourth-order valence-electron chi connectivity index (χ4n) is 1.12. The van der Waals surface area contributed by atoms with Crippen LogP contribution in [-0.2, 0) is 6.61 Å². The molecule has 14 heavy (non-hydrogen) atoms. The summed E-state index contributed by atoms with van der Waals surface area (Å²) in [6, 6.07) is 7.21. The molecule has 0 unspecified atom stereocenters. The van der Waals surface area contributed by atoms with Crippen LogP contribution in [0.1, 0.15) is 17.3 Å². The Bertz CT molecular complexity index is 409. The second-order valence-corrected chi connectivity index (χ2v) is 2.81. The summed E-state index contributed by atoms with van der Waals surface area (Å²) in [5.74, 6) is 2.03. The molecule has 0 bridgehead atoms. The SMILES string of the molecule is OCc1ccc(C=Cc2ccco2)o1. The van der Waals surface area contributed by atoms with Gasteiger partial charge in [-0.15, -0.1) is 0 Å². The lowest BCUT2D eigenvalue weighted by atomic mass is 10.3. The zero-order valence-electron chi connectivity index (χ0n) is 7.51. The number of rotatable bonds is 3. The van der Waals surface area contributed by atoms with E-state index in [-0.39, 0.29) is 6.61 Å². The van der Waals surface area contributed by atoms with Crippen LogP contribution in [-0.4, -0.2) is 5.11 Å². The maximum atomic E-state index is 8.77. The van der Waals surface area contributed by atoms with Gasteiger partial charge in [0, 0.05) is 0 Å². The second-order valence-electron chi connectivity index (χ2n) is 2.81. The quantitative estimate of drug-likeness (QED) is 0.808. The summed E-state index contributed by atoms with van der Waals surface area (Å²) >= 11 is 0. The Kier molecular flexibility index (Phi) is 2.51. The molecule has 0 radical (unpaired) electrons. The molecule has 72 valence electrons. The smallest absolute Gasteiger partial charge is 0.130 e. The van der Waals surface area contributed by atoms with Gasteiger partial charge in [0.05, 0.1) is 6.26 Å². The van der Waals surface area contributed by atoms with Crippen LogP contribution >= 0.6 is 0 Å². The van der Waals surface area contributed by atoms with Gasteiger partial charge in [0.25, 0.3) is 0 Å². The molecule has 0 amide bonds. The molecule has 0 atom stereocenters. The fraction of sp³-hybridized carbons (Fsp3) is 0.0909. The molecule has 0 saturated carbocycles. The third-order valence-electron chi connectivity index (χ3n) is 1.79. The van der Waals surface area contributed by atoms with Crippen LogP contribution in [0.5, 0.6) is 0 Å². The van der Waals surface area contributed by atoms with Crippen molar-refractivity contribution in [2.75, 3.05) is 0 Å². The lowest BCUT2D eigenvalue weighted by molar-refractivity contribution is 0.246. The molecular weight excluding hydrogens is 180 g/mol. The van der Waals surface area contributed by atoms with Gasteiger partial charge >= 0.3 is 0 Å². The predicted molar refractivity (Wildman–Crippen MR) is 52.3 cm³/mol. The van der Waals surface area contributed by atoms with E-state index >= 15 is 0 Å². The molecule has 1 N–H and O–H groups in total. The average molecular weight is 190 g/mol. The minimum Gasteiger partial charge on any atom is -0.465 e. The number of furan rings is 2. The highest BCUT2D eigenvalue weighted by Gasteiger charge is 1.96. The highest BCUT2D eigenvalue weighted by molar-refractivity contribution is 5.64. The Balaban J connectivity index is 2.10. The normalized spacial score (nSPS) is 11.2. The zero-order chi connectivity index (χ0) is 9.80. The first-order valence-corrected chi connectivity index (χ1v) is 4.29. The molecule has 0 saturated heterocycles. The topological polar surface area (TPSA) is 46.5 Å². The van der Waals surface area contributed by atoms with E-state index in [1.54, 1.807) is 30.5 Å². The van der Waals surface area contributed by atoms with E-state index in [0.29, 0.717) is 11.5 Å². The van der Waals surface area contributed by atoms with Crippen molar-refractivity contribution in [2.24, 2.45) is 0 Å². The van der Waals surface area contributed by atoms with E-state index in [0.717, 1.165) is 5.76 Å². The summed E-state index contributed by atoms with van der Waals surface area (Å²) in [5, 5.41) is 8.77. The molecule has 0 aromatic carbocycles. The lowest BCUT2D eigenvalue weighted by Gasteiger charge is -1.86. The molecule has 0 spiro atoms. The van der Waals surface area contributed by atoms with E-state index in [4.69, 9.17) is 13.9 Å². The van der Waals surface area contributed by atoms with Crippen LogP contribution in [0.3, 0.4) is 0 Å². The second kappa shape index (κ2) is 3.98. The molecule has 0 aliphatic heterocycles. The van der Waals surface area contributed by atoms with E-state index in [9.17, 15) is 0 Å². The van der Waals surface area contributed by atoms with Gasteiger partial charge in [-0.3, -0.25) is 0 Å². The van der Waals surface area contributed by atoms with Crippen molar-refractivity contribution in [3.05, 3.63) is 47.8 Å². The highest BCUT2D eigenvalue weighted by Crippen LogP contribution is 2.12. The molecule has 2 aromatic heterocycles. The summed E-state index contributed by atoms with van der Waals surface area (Å²) in [6.07, 6.45) is 5.21. The molecule has 2 rings (SSSR count). The summed E-state index contributed by atoms with van der Waals surface area (Å²) in [4.78, 5) is 0. The number of aliphatic hydroxyl groups excluding tert-OH is 1. The first kappa shape index (κ1) is 8.84. The largest absolute Gasteiger partial charge is 0.465 e. The molecule has 3 nitrogen and oxygen atoms in total. The number of hydrogen-bond acceptors (Lipinski definition) is 3. The van der Waals surface area contributed by atoms with Crippen LogP contribution in [0, 0.1) is 0 Å². The van der Waals surface area contributed by atoms with Crippen molar-refractivity contribution >= 4 is 12.2 Å². The summed E-state index contributed by atoms with van der Waals surface area (Å²) < 4.78 is 10.4. The molecule has 2 heterocycles. The summed E-state index contributed by atoms with van der Waals surface area (Å²) in [5.41, 5.74) is 0. The van der Waals surface area contributed by atoms with Crippen LogP contribution in [0.25, 0.3) is 12.2 Å².